The van der Waals surface area contributed by atoms with Gasteiger partial charge in [0.25, 0.3) is 11.8 Å². The van der Waals surface area contributed by atoms with Crippen molar-refractivity contribution < 1.29 is 24.3 Å². The van der Waals surface area contributed by atoms with E-state index in [9.17, 15) is 19.5 Å². The van der Waals surface area contributed by atoms with E-state index in [0.29, 0.717) is 15.8 Å². The van der Waals surface area contributed by atoms with E-state index in [1.54, 1.807) is 5.38 Å². The molecule has 1 aromatic heterocycles. The molecule has 3 heterocycles. The van der Waals surface area contributed by atoms with Gasteiger partial charge in [-0.3, -0.25) is 14.5 Å². The van der Waals surface area contributed by atoms with Crippen LogP contribution >= 0.6 is 34.7 Å². The number of rotatable bonds is 11. The number of alkyl halides is 1. The number of amides is 2. The van der Waals surface area contributed by atoms with Crippen molar-refractivity contribution in [1.29, 1.82) is 0 Å². The molecule has 10 nitrogen and oxygen atoms in total. The topological polar surface area (TPSA) is 133 Å². The average molecular weight is 674 g/mol. The highest BCUT2D eigenvalue weighted by Gasteiger charge is 2.54. The zero-order chi connectivity index (χ0) is 32.3. The SMILES string of the molecule is CON=C(C(=O)N[C@@H]1C(=O)N2C(C(=O)O)=C(CCl)SC[C@H]12)c1csc(NC(c2ccccc2)(c2ccccc2)c2ccccc2)n1. The molecule has 234 valence electrons. The summed E-state index contributed by atoms with van der Waals surface area (Å²) in [6, 6.07) is 28.6. The van der Waals surface area contributed by atoms with Gasteiger partial charge in [-0.05, 0) is 16.7 Å². The molecule has 13 heteroatoms. The molecule has 46 heavy (non-hydrogen) atoms. The Morgan fingerprint density at radius 3 is 2.09 bits per heavy atom. The molecule has 0 unspecified atom stereocenters. The maximum atomic E-state index is 13.5. The molecule has 6 rings (SSSR count). The van der Waals surface area contributed by atoms with Crippen LogP contribution in [0.4, 0.5) is 5.13 Å². The van der Waals surface area contributed by atoms with Crippen LogP contribution in [-0.4, -0.2) is 69.3 Å². The standard InChI is InChI=1S/C33H28ClN5O5S2/c1-44-38-26(29(40)36-27-24-19-45-25(17-34)28(31(42)43)39(24)30(27)41)23-18-46-32(35-23)37-33(20-11-5-2-6-12-20,21-13-7-3-8-14-21)22-15-9-4-10-16-22/h2-16,18,24,27H,17,19H2,1H3,(H,35,37)(H,36,40)(H,42,43)/t24-,27+/m1/s1. The minimum absolute atomic E-state index is 0.0230. The van der Waals surface area contributed by atoms with Crippen LogP contribution in [0.2, 0.25) is 0 Å². The molecular formula is C33H28ClN5O5S2. The lowest BCUT2D eigenvalue weighted by molar-refractivity contribution is -0.153. The summed E-state index contributed by atoms with van der Waals surface area (Å²) in [7, 11) is 1.32. The first-order valence-electron chi connectivity index (χ1n) is 14.2. The van der Waals surface area contributed by atoms with Gasteiger partial charge in [-0.1, -0.05) is 96.2 Å². The number of carbonyl (C=O) groups excluding carboxylic acids is 2. The van der Waals surface area contributed by atoms with E-state index in [4.69, 9.17) is 21.4 Å². The molecule has 0 bridgehead atoms. The van der Waals surface area contributed by atoms with E-state index >= 15 is 0 Å². The Labute approximate surface area is 278 Å². The number of aromatic nitrogens is 1. The first kappa shape index (κ1) is 31.3. The van der Waals surface area contributed by atoms with E-state index in [1.165, 1.54) is 35.1 Å². The number of benzene rings is 3. The Hall–Kier alpha value is -4.65. The minimum atomic E-state index is -1.24. The van der Waals surface area contributed by atoms with E-state index in [1.807, 2.05) is 54.6 Å². The number of hydrogen-bond donors (Lipinski definition) is 3. The maximum Gasteiger partial charge on any atom is 0.353 e. The van der Waals surface area contributed by atoms with Crippen molar-refractivity contribution in [3.05, 3.63) is 129 Å². The molecule has 2 amide bonds. The van der Waals surface area contributed by atoms with Crippen LogP contribution in [0.3, 0.4) is 0 Å². The van der Waals surface area contributed by atoms with E-state index in [2.05, 4.69) is 52.2 Å². The lowest BCUT2D eigenvalue weighted by atomic mass is 9.77. The van der Waals surface area contributed by atoms with Crippen molar-refractivity contribution in [1.82, 2.24) is 15.2 Å². The molecule has 4 aromatic rings. The van der Waals surface area contributed by atoms with Crippen LogP contribution in [0, 0.1) is 0 Å². The van der Waals surface area contributed by atoms with Gasteiger partial charge in [0.2, 0.25) is 0 Å². The molecule has 0 aliphatic carbocycles. The summed E-state index contributed by atoms with van der Waals surface area (Å²) in [6.45, 7) is 0. The summed E-state index contributed by atoms with van der Waals surface area (Å²) in [5, 5.41) is 22.3. The highest BCUT2D eigenvalue weighted by atomic mass is 35.5. The van der Waals surface area contributed by atoms with Gasteiger partial charge in [0.05, 0.1) is 11.9 Å². The van der Waals surface area contributed by atoms with Crippen LogP contribution in [0.1, 0.15) is 22.4 Å². The third kappa shape index (κ3) is 5.63. The maximum absolute atomic E-state index is 13.5. The number of nitrogens with zero attached hydrogens (tertiary/aromatic N) is 3. The van der Waals surface area contributed by atoms with Gasteiger partial charge in [-0.15, -0.1) is 34.7 Å². The van der Waals surface area contributed by atoms with Crippen molar-refractivity contribution in [3.8, 4) is 0 Å². The Morgan fingerprint density at radius 2 is 1.59 bits per heavy atom. The predicted molar refractivity (Wildman–Crippen MR) is 179 cm³/mol. The van der Waals surface area contributed by atoms with Gasteiger partial charge in [0.1, 0.15) is 30.1 Å². The first-order valence-corrected chi connectivity index (χ1v) is 16.6. The van der Waals surface area contributed by atoms with Crippen molar-refractivity contribution >= 4 is 63.3 Å². The number of carboxylic acid groups (broad SMARTS) is 1. The summed E-state index contributed by atoms with van der Waals surface area (Å²) < 4.78 is 0. The molecule has 2 atom stereocenters. The number of β-lactam (4-membered cyclic amide) rings is 1. The first-order chi connectivity index (χ1) is 22.4. The van der Waals surface area contributed by atoms with Crippen molar-refractivity contribution in [2.24, 2.45) is 5.16 Å². The monoisotopic (exact) mass is 673 g/mol. The number of allylic oxidation sites excluding steroid dienone is 1. The van der Waals surface area contributed by atoms with Gasteiger partial charge in [0.15, 0.2) is 10.8 Å². The van der Waals surface area contributed by atoms with Crippen molar-refractivity contribution in [2.75, 3.05) is 24.1 Å². The zero-order valence-corrected chi connectivity index (χ0v) is 26.8. The Kier molecular flexibility index (Phi) is 9.11. The van der Waals surface area contributed by atoms with E-state index < -0.39 is 35.4 Å². The van der Waals surface area contributed by atoms with Gasteiger partial charge in [-0.25, -0.2) is 9.78 Å². The number of halogens is 1. The predicted octanol–water partition coefficient (Wildman–Crippen LogP) is 4.88. The third-order valence-corrected chi connectivity index (χ3v) is 10.2. The number of nitrogens with one attached hydrogen (secondary N) is 2. The largest absolute Gasteiger partial charge is 0.477 e. The fourth-order valence-corrected chi connectivity index (χ4v) is 7.97. The zero-order valence-electron chi connectivity index (χ0n) is 24.4. The number of anilines is 1. The van der Waals surface area contributed by atoms with Crippen LogP contribution in [0.25, 0.3) is 0 Å². The number of thioether (sulfide) groups is 1. The number of thiazole rings is 1. The summed E-state index contributed by atoms with van der Waals surface area (Å²) in [6.07, 6.45) is 0. The number of hydrogen-bond acceptors (Lipinski definition) is 9. The number of oxime groups is 1. The van der Waals surface area contributed by atoms with Gasteiger partial charge < -0.3 is 20.6 Å². The summed E-state index contributed by atoms with van der Waals surface area (Å²) in [5.41, 5.74) is 2.09. The number of aliphatic carboxylic acids is 1. The Morgan fingerprint density at radius 1 is 1.02 bits per heavy atom. The highest BCUT2D eigenvalue weighted by Crippen LogP contribution is 2.41. The fourth-order valence-electron chi connectivity index (χ4n) is 5.75. The molecule has 3 aromatic carbocycles. The molecule has 1 fully saturated rings. The number of fused-ring (bicyclic) bond motifs is 1. The van der Waals surface area contributed by atoms with Crippen molar-refractivity contribution in [2.45, 2.75) is 17.6 Å². The van der Waals surface area contributed by atoms with Crippen LogP contribution in [-0.2, 0) is 24.8 Å². The molecule has 2 aliphatic rings. The van der Waals surface area contributed by atoms with Gasteiger partial charge in [-0.2, -0.15) is 0 Å². The lowest BCUT2D eigenvalue weighted by Gasteiger charge is -2.49. The van der Waals surface area contributed by atoms with Crippen LogP contribution < -0.4 is 10.6 Å². The molecule has 0 saturated carbocycles. The summed E-state index contributed by atoms with van der Waals surface area (Å²) in [5.74, 6) is -2.09. The quantitative estimate of drug-likeness (QED) is 0.0675. The molecule has 1 saturated heterocycles. The fraction of sp³-hybridized carbons (Fsp3) is 0.182. The number of carbonyl (C=O) groups is 3. The highest BCUT2D eigenvalue weighted by molar-refractivity contribution is 8.03. The average Bonchev–Trinajstić information content (AvgIpc) is 3.56. The second-order valence-corrected chi connectivity index (χ2v) is 12.6. The minimum Gasteiger partial charge on any atom is -0.477 e. The molecule has 0 radical (unpaired) electrons. The summed E-state index contributed by atoms with van der Waals surface area (Å²) >= 11 is 8.48. The van der Waals surface area contributed by atoms with Gasteiger partial charge >= 0.3 is 5.97 Å². The second kappa shape index (κ2) is 13.4. The van der Waals surface area contributed by atoms with Crippen LogP contribution in [0.15, 0.2) is 112 Å². The second-order valence-electron chi connectivity index (χ2n) is 10.4. The van der Waals surface area contributed by atoms with Gasteiger partial charge in [0, 0.05) is 16.0 Å². The smallest absolute Gasteiger partial charge is 0.353 e. The molecule has 3 N–H and O–H groups in total. The molecule has 2 aliphatic heterocycles. The van der Waals surface area contributed by atoms with E-state index in [-0.39, 0.29) is 23.0 Å². The molecular weight excluding hydrogens is 646 g/mol. The Bertz CT molecular complexity index is 1720. The van der Waals surface area contributed by atoms with Crippen LogP contribution in [0.5, 0.6) is 0 Å². The van der Waals surface area contributed by atoms with Crippen molar-refractivity contribution in [3.63, 3.8) is 0 Å². The summed E-state index contributed by atoms with van der Waals surface area (Å²) in [4.78, 5) is 49.9. The Balaban J connectivity index is 1.30. The normalized spacial score (nSPS) is 18.0. The lowest BCUT2D eigenvalue weighted by Crippen LogP contribution is -2.73. The molecule has 0 spiro atoms. The van der Waals surface area contributed by atoms with E-state index in [0.717, 1.165) is 16.7 Å². The third-order valence-electron chi connectivity index (χ3n) is 7.82. The number of carboxylic acids is 1.